The summed E-state index contributed by atoms with van der Waals surface area (Å²) in [4.78, 5) is 18.7. The van der Waals surface area contributed by atoms with E-state index in [0.717, 1.165) is 36.4 Å². The van der Waals surface area contributed by atoms with Gasteiger partial charge in [0.2, 0.25) is 0 Å². The number of benzene rings is 1. The Kier molecular flexibility index (Phi) is 3.21. The molecule has 0 spiro atoms. The Labute approximate surface area is 111 Å². The predicted octanol–water partition coefficient (Wildman–Crippen LogP) is 1.80. The summed E-state index contributed by atoms with van der Waals surface area (Å²) in [5.74, 6) is 0.661. The van der Waals surface area contributed by atoms with Gasteiger partial charge in [0, 0.05) is 6.42 Å². The number of hydrogen-bond donors (Lipinski definition) is 3. The van der Waals surface area contributed by atoms with Crippen molar-refractivity contribution in [3.8, 4) is 0 Å². The summed E-state index contributed by atoms with van der Waals surface area (Å²) in [6, 6.07) is 5.00. The maximum atomic E-state index is 10.9. The van der Waals surface area contributed by atoms with Gasteiger partial charge in [-0.3, -0.25) is 0 Å². The largest absolute Gasteiger partial charge is 0.478 e. The second kappa shape index (κ2) is 5.01. The minimum Gasteiger partial charge on any atom is -0.478 e. The van der Waals surface area contributed by atoms with Crippen molar-refractivity contribution in [2.75, 3.05) is 13.1 Å². The van der Waals surface area contributed by atoms with Crippen LogP contribution in [0.25, 0.3) is 11.0 Å². The molecule has 0 saturated carbocycles. The number of nitrogens with one attached hydrogen (secondary N) is 2. The van der Waals surface area contributed by atoms with E-state index in [0.29, 0.717) is 11.5 Å². The Hall–Kier alpha value is -1.88. The van der Waals surface area contributed by atoms with Gasteiger partial charge in [0.15, 0.2) is 0 Å². The molecule has 0 amide bonds. The van der Waals surface area contributed by atoms with Crippen molar-refractivity contribution in [1.82, 2.24) is 15.3 Å². The van der Waals surface area contributed by atoms with Crippen LogP contribution in [0.5, 0.6) is 0 Å². The van der Waals surface area contributed by atoms with Gasteiger partial charge in [-0.25, -0.2) is 9.78 Å². The molecular formula is C14H17N3O2. The van der Waals surface area contributed by atoms with Crippen LogP contribution in [0.1, 0.15) is 29.0 Å². The van der Waals surface area contributed by atoms with Crippen LogP contribution in [0.3, 0.4) is 0 Å². The number of piperidine rings is 1. The van der Waals surface area contributed by atoms with Crippen LogP contribution in [-0.4, -0.2) is 34.1 Å². The van der Waals surface area contributed by atoms with Crippen molar-refractivity contribution >= 4 is 17.0 Å². The number of fused-ring (bicyclic) bond motifs is 1. The van der Waals surface area contributed by atoms with E-state index in [4.69, 9.17) is 5.11 Å². The van der Waals surface area contributed by atoms with Gasteiger partial charge in [-0.2, -0.15) is 0 Å². The second-order valence-electron chi connectivity index (χ2n) is 5.14. The number of carbonyl (C=O) groups is 1. The van der Waals surface area contributed by atoms with Crippen LogP contribution in [0.15, 0.2) is 18.2 Å². The Morgan fingerprint density at radius 3 is 3.11 bits per heavy atom. The molecule has 1 atom stereocenters. The number of aromatic amines is 1. The van der Waals surface area contributed by atoms with Crippen molar-refractivity contribution in [2.24, 2.45) is 5.92 Å². The first-order chi connectivity index (χ1) is 9.22. The van der Waals surface area contributed by atoms with E-state index >= 15 is 0 Å². The maximum absolute atomic E-state index is 10.9. The van der Waals surface area contributed by atoms with Gasteiger partial charge in [0.1, 0.15) is 5.82 Å². The predicted molar refractivity (Wildman–Crippen MR) is 72.4 cm³/mol. The maximum Gasteiger partial charge on any atom is 0.335 e. The highest BCUT2D eigenvalue weighted by atomic mass is 16.4. The van der Waals surface area contributed by atoms with Crippen LogP contribution in [0, 0.1) is 5.92 Å². The summed E-state index contributed by atoms with van der Waals surface area (Å²) in [6.07, 6.45) is 3.36. The number of aromatic carboxylic acids is 1. The highest BCUT2D eigenvalue weighted by Gasteiger charge is 2.15. The lowest BCUT2D eigenvalue weighted by molar-refractivity contribution is 0.0697. The quantitative estimate of drug-likeness (QED) is 0.785. The Balaban J connectivity index is 1.82. The smallest absolute Gasteiger partial charge is 0.335 e. The molecule has 5 nitrogen and oxygen atoms in total. The Morgan fingerprint density at radius 2 is 2.37 bits per heavy atom. The molecule has 2 heterocycles. The molecule has 3 N–H and O–H groups in total. The number of imidazole rings is 1. The Bertz CT molecular complexity index is 600. The molecule has 1 aromatic heterocycles. The lowest BCUT2D eigenvalue weighted by Crippen LogP contribution is -2.31. The minimum absolute atomic E-state index is 0.294. The van der Waals surface area contributed by atoms with Gasteiger partial charge in [-0.05, 0) is 50.0 Å². The van der Waals surface area contributed by atoms with Gasteiger partial charge in [0.25, 0.3) is 0 Å². The SMILES string of the molecule is O=C(O)c1ccc2nc(CC3CCCNC3)[nH]c2c1. The highest BCUT2D eigenvalue weighted by Crippen LogP contribution is 2.18. The average Bonchev–Trinajstić information content (AvgIpc) is 2.80. The second-order valence-corrected chi connectivity index (χ2v) is 5.14. The van der Waals surface area contributed by atoms with E-state index in [-0.39, 0.29) is 0 Å². The molecule has 3 rings (SSSR count). The normalized spacial score (nSPS) is 19.7. The summed E-state index contributed by atoms with van der Waals surface area (Å²) in [6.45, 7) is 2.15. The van der Waals surface area contributed by atoms with Crippen LogP contribution < -0.4 is 5.32 Å². The third-order valence-corrected chi connectivity index (χ3v) is 3.66. The highest BCUT2D eigenvalue weighted by molar-refractivity contribution is 5.92. The number of carboxylic acid groups (broad SMARTS) is 1. The third kappa shape index (κ3) is 2.61. The fraction of sp³-hybridized carbons (Fsp3) is 0.429. The van der Waals surface area contributed by atoms with Gasteiger partial charge in [-0.1, -0.05) is 0 Å². The number of carboxylic acids is 1. The van der Waals surface area contributed by atoms with Crippen molar-refractivity contribution in [2.45, 2.75) is 19.3 Å². The summed E-state index contributed by atoms with van der Waals surface area (Å²) in [5, 5.41) is 12.4. The number of H-pyrrole nitrogens is 1. The van der Waals surface area contributed by atoms with Crippen molar-refractivity contribution < 1.29 is 9.90 Å². The lowest BCUT2D eigenvalue weighted by Gasteiger charge is -2.21. The van der Waals surface area contributed by atoms with Gasteiger partial charge < -0.3 is 15.4 Å². The van der Waals surface area contributed by atoms with Crippen LogP contribution >= 0.6 is 0 Å². The van der Waals surface area contributed by atoms with Gasteiger partial charge >= 0.3 is 5.97 Å². The van der Waals surface area contributed by atoms with E-state index in [1.165, 1.54) is 12.8 Å². The molecule has 0 radical (unpaired) electrons. The molecule has 100 valence electrons. The number of hydrogen-bond acceptors (Lipinski definition) is 3. The van der Waals surface area contributed by atoms with E-state index in [2.05, 4.69) is 15.3 Å². The molecule has 1 saturated heterocycles. The molecule has 1 aliphatic heterocycles. The monoisotopic (exact) mass is 259 g/mol. The van der Waals surface area contributed by atoms with Crippen LogP contribution in [0.2, 0.25) is 0 Å². The molecule has 19 heavy (non-hydrogen) atoms. The van der Waals surface area contributed by atoms with Gasteiger partial charge in [-0.15, -0.1) is 0 Å². The molecular weight excluding hydrogens is 242 g/mol. The van der Waals surface area contributed by atoms with E-state index in [9.17, 15) is 4.79 Å². The zero-order chi connectivity index (χ0) is 13.2. The number of rotatable bonds is 3. The van der Waals surface area contributed by atoms with Crippen molar-refractivity contribution in [1.29, 1.82) is 0 Å². The van der Waals surface area contributed by atoms with Gasteiger partial charge in [0.05, 0.1) is 16.6 Å². The van der Waals surface area contributed by atoms with E-state index in [1.54, 1.807) is 18.2 Å². The number of nitrogens with zero attached hydrogens (tertiary/aromatic N) is 1. The molecule has 0 aliphatic carbocycles. The van der Waals surface area contributed by atoms with Crippen molar-refractivity contribution in [3.63, 3.8) is 0 Å². The zero-order valence-electron chi connectivity index (χ0n) is 10.6. The summed E-state index contributed by atoms with van der Waals surface area (Å²) in [7, 11) is 0. The summed E-state index contributed by atoms with van der Waals surface area (Å²) < 4.78 is 0. The standard InChI is InChI=1S/C14H17N3O2/c18-14(19)10-3-4-11-12(7-10)17-13(16-11)6-9-2-1-5-15-8-9/h3-4,7,9,15H,1-2,5-6,8H2,(H,16,17)(H,18,19). The minimum atomic E-state index is -0.908. The molecule has 1 aliphatic rings. The molecule has 0 bridgehead atoms. The summed E-state index contributed by atoms with van der Waals surface area (Å²) >= 11 is 0. The fourth-order valence-electron chi connectivity index (χ4n) is 2.66. The van der Waals surface area contributed by atoms with E-state index < -0.39 is 5.97 Å². The third-order valence-electron chi connectivity index (χ3n) is 3.66. The topological polar surface area (TPSA) is 78.0 Å². The number of aromatic nitrogens is 2. The van der Waals surface area contributed by atoms with Crippen LogP contribution in [0.4, 0.5) is 0 Å². The molecule has 2 aromatic rings. The molecule has 1 fully saturated rings. The average molecular weight is 259 g/mol. The molecule has 5 heteroatoms. The molecule has 1 unspecified atom stereocenters. The first-order valence-corrected chi connectivity index (χ1v) is 6.65. The van der Waals surface area contributed by atoms with Crippen LogP contribution in [-0.2, 0) is 6.42 Å². The Morgan fingerprint density at radius 1 is 1.47 bits per heavy atom. The van der Waals surface area contributed by atoms with E-state index in [1.807, 2.05) is 0 Å². The zero-order valence-corrected chi connectivity index (χ0v) is 10.6. The summed E-state index contributed by atoms with van der Waals surface area (Å²) in [5.41, 5.74) is 1.93. The first-order valence-electron chi connectivity index (χ1n) is 6.65. The fourth-order valence-corrected chi connectivity index (χ4v) is 2.66. The van der Waals surface area contributed by atoms with Crippen molar-refractivity contribution in [3.05, 3.63) is 29.6 Å². The lowest BCUT2D eigenvalue weighted by atomic mass is 9.96. The molecule has 1 aromatic carbocycles. The first kappa shape index (κ1) is 12.2.